The Morgan fingerprint density at radius 1 is 1.04 bits per heavy atom. The van der Waals surface area contributed by atoms with Crippen LogP contribution in [0.4, 0.5) is 8.78 Å². The summed E-state index contributed by atoms with van der Waals surface area (Å²) < 4.78 is 28.7. The van der Waals surface area contributed by atoms with E-state index in [4.69, 9.17) is 4.98 Å². The summed E-state index contributed by atoms with van der Waals surface area (Å²) in [7, 11) is 0. The quantitative estimate of drug-likeness (QED) is 0.856. The predicted octanol–water partition coefficient (Wildman–Crippen LogP) is 2.24. The summed E-state index contributed by atoms with van der Waals surface area (Å²) in [4.78, 5) is 19.6. The Morgan fingerprint density at radius 2 is 1.74 bits per heavy atom. The zero-order valence-corrected chi connectivity index (χ0v) is 15.6. The maximum atomic E-state index is 13.4. The highest BCUT2D eigenvalue weighted by Crippen LogP contribution is 2.40. The van der Waals surface area contributed by atoms with Gasteiger partial charge in [0.25, 0.3) is 0 Å². The third-order valence-corrected chi connectivity index (χ3v) is 6.86. The number of alkyl halides is 2. The first-order valence-corrected chi connectivity index (χ1v) is 10.3. The van der Waals surface area contributed by atoms with E-state index >= 15 is 0 Å². The van der Waals surface area contributed by atoms with Gasteiger partial charge in [0.2, 0.25) is 11.8 Å². The monoisotopic (exact) mass is 379 g/mol. The van der Waals surface area contributed by atoms with E-state index in [1.54, 1.807) is 4.68 Å². The lowest BCUT2D eigenvalue weighted by Gasteiger charge is -2.45. The zero-order chi connectivity index (χ0) is 18.6. The fraction of sp³-hybridized carbons (Fsp3) is 0.842. The second kappa shape index (κ2) is 6.22. The van der Waals surface area contributed by atoms with E-state index in [1.165, 1.54) is 0 Å². The molecule has 8 heteroatoms. The number of aromatic nitrogens is 3. The lowest BCUT2D eigenvalue weighted by molar-refractivity contribution is -0.124. The maximum absolute atomic E-state index is 13.4. The van der Waals surface area contributed by atoms with Gasteiger partial charge in [-0.15, -0.1) is 0 Å². The number of hydrogen-bond donors (Lipinski definition) is 1. The molecule has 27 heavy (non-hydrogen) atoms. The van der Waals surface area contributed by atoms with Crippen molar-refractivity contribution in [3.63, 3.8) is 0 Å². The summed E-state index contributed by atoms with van der Waals surface area (Å²) in [5.74, 6) is -0.176. The molecular formula is C19H27F2N5O. The number of carbonyl (C=O) groups is 1. The molecule has 1 aromatic rings. The van der Waals surface area contributed by atoms with Crippen LogP contribution in [0.5, 0.6) is 0 Å². The van der Waals surface area contributed by atoms with Crippen molar-refractivity contribution in [1.29, 1.82) is 0 Å². The van der Waals surface area contributed by atoms with Gasteiger partial charge in [-0.25, -0.2) is 18.4 Å². The molecule has 1 amide bonds. The van der Waals surface area contributed by atoms with Crippen LogP contribution in [0, 0.1) is 0 Å². The van der Waals surface area contributed by atoms with E-state index in [0.717, 1.165) is 56.8 Å². The van der Waals surface area contributed by atoms with Gasteiger partial charge >= 0.3 is 0 Å². The molecule has 1 aromatic heterocycles. The zero-order valence-electron chi connectivity index (χ0n) is 15.6. The number of fused-ring (bicyclic) bond motifs is 1. The second-order valence-electron chi connectivity index (χ2n) is 8.95. The minimum Gasteiger partial charge on any atom is -0.349 e. The number of halogens is 2. The van der Waals surface area contributed by atoms with E-state index in [2.05, 4.69) is 15.3 Å². The molecule has 4 aliphatic rings. The Bertz CT molecular complexity index is 726. The van der Waals surface area contributed by atoms with Gasteiger partial charge < -0.3 is 10.2 Å². The van der Waals surface area contributed by atoms with E-state index in [9.17, 15) is 13.6 Å². The summed E-state index contributed by atoms with van der Waals surface area (Å²) in [5.41, 5.74) is -0.270. The largest absolute Gasteiger partial charge is 0.349 e. The molecular weight excluding hydrogens is 352 g/mol. The molecule has 148 valence electrons. The number of likely N-dealkylation sites (tertiary alicyclic amines) is 1. The maximum Gasteiger partial charge on any atom is 0.248 e. The highest BCUT2D eigenvalue weighted by molar-refractivity contribution is 5.77. The fourth-order valence-electron chi connectivity index (χ4n) is 4.99. The number of amides is 1. The minimum absolute atomic E-state index is 0.00307. The van der Waals surface area contributed by atoms with Gasteiger partial charge in [0, 0.05) is 49.9 Å². The predicted molar refractivity (Wildman–Crippen MR) is 94.6 cm³/mol. The molecule has 5 rings (SSSR count). The molecule has 0 unspecified atom stereocenters. The van der Waals surface area contributed by atoms with Crippen LogP contribution in [-0.2, 0) is 17.8 Å². The van der Waals surface area contributed by atoms with Crippen LogP contribution >= 0.6 is 0 Å². The van der Waals surface area contributed by atoms with Crippen molar-refractivity contribution >= 4 is 5.91 Å². The molecule has 3 heterocycles. The first-order chi connectivity index (χ1) is 12.9. The lowest BCUT2D eigenvalue weighted by atomic mass is 9.82. The van der Waals surface area contributed by atoms with Crippen molar-refractivity contribution in [1.82, 2.24) is 25.0 Å². The first-order valence-electron chi connectivity index (χ1n) is 10.3. The normalized spacial score (nSPS) is 28.6. The third kappa shape index (κ3) is 3.48. The van der Waals surface area contributed by atoms with Crippen molar-refractivity contribution in [3.8, 4) is 0 Å². The molecule has 1 spiro atoms. The molecule has 0 bridgehead atoms. The van der Waals surface area contributed by atoms with Crippen LogP contribution in [-0.4, -0.2) is 56.2 Å². The average Bonchev–Trinajstić information content (AvgIpc) is 3.41. The standard InChI is InChI=1S/C19H27F2N5O/c20-19(21)5-3-14(4-6-19)25-9-7-18(8-10-25)11-15-22-17(13-1-2-13)24-26(15)12-16(27)23-18/h13-14H,1-12H2,(H,23,27). The van der Waals surface area contributed by atoms with Crippen LogP contribution in [0.1, 0.15) is 68.9 Å². The molecule has 0 aromatic carbocycles. The van der Waals surface area contributed by atoms with Crippen molar-refractivity contribution in [2.75, 3.05) is 13.1 Å². The van der Waals surface area contributed by atoms with Crippen molar-refractivity contribution in [2.45, 2.75) is 87.8 Å². The Morgan fingerprint density at radius 3 is 2.41 bits per heavy atom. The number of nitrogens with zero attached hydrogens (tertiary/aromatic N) is 4. The highest BCUT2D eigenvalue weighted by Gasteiger charge is 2.43. The molecule has 2 aliphatic carbocycles. The van der Waals surface area contributed by atoms with Crippen molar-refractivity contribution in [2.24, 2.45) is 0 Å². The molecule has 0 atom stereocenters. The summed E-state index contributed by atoms with van der Waals surface area (Å²) in [6, 6.07) is 0.258. The fourth-order valence-corrected chi connectivity index (χ4v) is 4.99. The van der Waals surface area contributed by atoms with E-state index in [1.807, 2.05) is 0 Å². The average molecular weight is 379 g/mol. The molecule has 6 nitrogen and oxygen atoms in total. The van der Waals surface area contributed by atoms with E-state index in [-0.39, 0.29) is 36.9 Å². The van der Waals surface area contributed by atoms with E-state index < -0.39 is 5.92 Å². The Kier molecular flexibility index (Phi) is 4.04. The molecule has 2 saturated carbocycles. The molecule has 3 fully saturated rings. The number of hydrogen-bond acceptors (Lipinski definition) is 4. The number of rotatable bonds is 2. The van der Waals surface area contributed by atoms with Gasteiger partial charge in [0.1, 0.15) is 12.4 Å². The molecule has 0 radical (unpaired) electrons. The lowest BCUT2D eigenvalue weighted by Crippen LogP contribution is -2.58. The molecule has 2 aliphatic heterocycles. The Balaban J connectivity index is 1.27. The van der Waals surface area contributed by atoms with Gasteiger partial charge in [-0.1, -0.05) is 0 Å². The Hall–Kier alpha value is -1.57. The summed E-state index contributed by atoms with van der Waals surface area (Å²) in [6.07, 6.45) is 5.86. The van der Waals surface area contributed by atoms with Crippen LogP contribution in [0.25, 0.3) is 0 Å². The molecule has 1 N–H and O–H groups in total. The SMILES string of the molecule is O=C1Cn2nc(C3CC3)nc2CC2(CCN(C3CCC(F)(F)CC3)CC2)N1. The number of piperidine rings is 1. The Labute approximate surface area is 157 Å². The van der Waals surface area contributed by atoms with Gasteiger partial charge in [-0.05, 0) is 38.5 Å². The van der Waals surface area contributed by atoms with E-state index in [0.29, 0.717) is 18.8 Å². The first kappa shape index (κ1) is 17.5. The van der Waals surface area contributed by atoms with Gasteiger partial charge in [0.15, 0.2) is 5.82 Å². The van der Waals surface area contributed by atoms with Crippen LogP contribution in [0.2, 0.25) is 0 Å². The minimum atomic E-state index is -2.48. The van der Waals surface area contributed by atoms with Gasteiger partial charge in [-0.3, -0.25) is 4.79 Å². The smallest absolute Gasteiger partial charge is 0.248 e. The summed E-state index contributed by atoms with van der Waals surface area (Å²) >= 11 is 0. The van der Waals surface area contributed by atoms with Crippen LogP contribution in [0.3, 0.4) is 0 Å². The van der Waals surface area contributed by atoms with Crippen molar-refractivity contribution in [3.05, 3.63) is 11.6 Å². The molecule has 1 saturated heterocycles. The van der Waals surface area contributed by atoms with Crippen molar-refractivity contribution < 1.29 is 13.6 Å². The second-order valence-corrected chi connectivity index (χ2v) is 8.95. The van der Waals surface area contributed by atoms with Crippen LogP contribution < -0.4 is 5.32 Å². The third-order valence-electron chi connectivity index (χ3n) is 6.86. The number of carbonyl (C=O) groups excluding carboxylic acids is 1. The number of nitrogens with one attached hydrogen (secondary N) is 1. The topological polar surface area (TPSA) is 63.1 Å². The van der Waals surface area contributed by atoms with Crippen LogP contribution in [0.15, 0.2) is 0 Å². The highest BCUT2D eigenvalue weighted by atomic mass is 19.3. The van der Waals surface area contributed by atoms with Gasteiger partial charge in [0.05, 0.1) is 0 Å². The summed E-state index contributed by atoms with van der Waals surface area (Å²) in [5, 5.41) is 7.81. The summed E-state index contributed by atoms with van der Waals surface area (Å²) in [6.45, 7) is 1.94. The van der Waals surface area contributed by atoms with Gasteiger partial charge in [-0.2, -0.15) is 5.10 Å².